The highest BCUT2D eigenvalue weighted by Gasteiger charge is 2.27. The number of benzene rings is 2. The Labute approximate surface area is 174 Å². The molecule has 0 spiro atoms. The van der Waals surface area contributed by atoms with E-state index in [0.29, 0.717) is 18.9 Å². The summed E-state index contributed by atoms with van der Waals surface area (Å²) < 4.78 is 32.3. The number of anilines is 1. The molecular weight excluding hydrogens is 420 g/mol. The van der Waals surface area contributed by atoms with Crippen LogP contribution in [0.5, 0.6) is 0 Å². The summed E-state index contributed by atoms with van der Waals surface area (Å²) in [6, 6.07) is 11.6. The van der Waals surface area contributed by atoms with Crippen molar-refractivity contribution in [2.75, 3.05) is 37.4 Å². The molecule has 0 bridgehead atoms. The van der Waals surface area contributed by atoms with Crippen LogP contribution in [-0.4, -0.2) is 50.7 Å². The number of carbonyl (C=O) groups is 1. The minimum absolute atomic E-state index is 0.0418. The lowest BCUT2D eigenvalue weighted by Gasteiger charge is -2.26. The fraction of sp³-hybridized carbons (Fsp3) is 0.316. The SMILES string of the molecule is CCSc1ccccc1NC(=O)c1cc(S(=O)(=O)N2CCOCC2)ccc1Cl. The zero-order valence-electron chi connectivity index (χ0n) is 15.4. The van der Waals surface area contributed by atoms with Gasteiger partial charge in [-0.3, -0.25) is 4.79 Å². The molecule has 0 aromatic heterocycles. The van der Waals surface area contributed by atoms with Crippen LogP contribution >= 0.6 is 23.4 Å². The maximum Gasteiger partial charge on any atom is 0.257 e. The Morgan fingerprint density at radius 1 is 1.21 bits per heavy atom. The molecule has 1 aliphatic rings. The lowest BCUT2D eigenvalue weighted by molar-refractivity contribution is 0.0730. The van der Waals surface area contributed by atoms with Crippen molar-refractivity contribution in [2.45, 2.75) is 16.7 Å². The van der Waals surface area contributed by atoms with E-state index in [1.54, 1.807) is 17.8 Å². The number of carbonyl (C=O) groups excluding carboxylic acids is 1. The standard InChI is InChI=1S/C19H21ClN2O4S2/c1-2-27-18-6-4-3-5-17(18)21-19(23)15-13-14(7-8-16(15)20)28(24,25)22-9-11-26-12-10-22/h3-8,13H,2,9-12H2,1H3,(H,21,23). The summed E-state index contributed by atoms with van der Waals surface area (Å²) in [5.41, 5.74) is 0.782. The molecule has 150 valence electrons. The molecule has 0 radical (unpaired) electrons. The smallest absolute Gasteiger partial charge is 0.257 e. The number of nitrogens with one attached hydrogen (secondary N) is 1. The first-order valence-electron chi connectivity index (χ1n) is 8.84. The van der Waals surface area contributed by atoms with Gasteiger partial charge in [0.05, 0.1) is 34.4 Å². The molecule has 1 fully saturated rings. The van der Waals surface area contributed by atoms with Crippen LogP contribution in [0.2, 0.25) is 5.02 Å². The van der Waals surface area contributed by atoms with Gasteiger partial charge in [0.25, 0.3) is 5.91 Å². The first-order chi connectivity index (χ1) is 13.4. The van der Waals surface area contributed by atoms with Crippen molar-refractivity contribution in [3.63, 3.8) is 0 Å². The monoisotopic (exact) mass is 440 g/mol. The molecule has 3 rings (SSSR count). The second kappa shape index (κ2) is 9.28. The fourth-order valence-corrected chi connectivity index (χ4v) is 5.21. The third-order valence-corrected chi connectivity index (χ3v) is 7.41. The summed E-state index contributed by atoms with van der Waals surface area (Å²) in [5.74, 6) is 0.411. The number of thioether (sulfide) groups is 1. The van der Waals surface area contributed by atoms with Gasteiger partial charge in [0.15, 0.2) is 0 Å². The van der Waals surface area contributed by atoms with Crippen LogP contribution in [0.15, 0.2) is 52.3 Å². The van der Waals surface area contributed by atoms with Crippen LogP contribution in [0.4, 0.5) is 5.69 Å². The molecule has 1 amide bonds. The quantitative estimate of drug-likeness (QED) is 0.693. The molecule has 2 aromatic rings. The average molecular weight is 441 g/mol. The van der Waals surface area contributed by atoms with Crippen molar-refractivity contribution >= 4 is 45.0 Å². The van der Waals surface area contributed by atoms with Crippen LogP contribution in [0.25, 0.3) is 0 Å². The Kier molecular flexibility index (Phi) is 7.00. The van der Waals surface area contributed by atoms with Crippen LogP contribution in [0, 0.1) is 0 Å². The third kappa shape index (κ3) is 4.69. The van der Waals surface area contributed by atoms with Crippen molar-refractivity contribution in [2.24, 2.45) is 0 Å². The molecule has 1 N–H and O–H groups in total. The van der Waals surface area contributed by atoms with E-state index in [-0.39, 0.29) is 28.6 Å². The number of halogens is 1. The normalized spacial score (nSPS) is 15.4. The molecule has 0 unspecified atom stereocenters. The molecule has 1 saturated heterocycles. The minimum atomic E-state index is -3.71. The molecule has 2 aromatic carbocycles. The van der Waals surface area contributed by atoms with E-state index in [2.05, 4.69) is 5.32 Å². The summed E-state index contributed by atoms with van der Waals surface area (Å²) >= 11 is 7.81. The fourth-order valence-electron chi connectivity index (χ4n) is 2.82. The number of ether oxygens (including phenoxy) is 1. The number of hydrogen-bond acceptors (Lipinski definition) is 5. The van der Waals surface area contributed by atoms with Gasteiger partial charge < -0.3 is 10.1 Å². The van der Waals surface area contributed by atoms with Gasteiger partial charge in [-0.05, 0) is 36.1 Å². The van der Waals surface area contributed by atoms with E-state index >= 15 is 0 Å². The summed E-state index contributed by atoms with van der Waals surface area (Å²) in [6.07, 6.45) is 0. The third-order valence-electron chi connectivity index (χ3n) is 4.23. The van der Waals surface area contributed by atoms with Crippen LogP contribution in [0.1, 0.15) is 17.3 Å². The first kappa shape index (κ1) is 21.1. The number of hydrogen-bond donors (Lipinski definition) is 1. The van der Waals surface area contributed by atoms with Crippen molar-refractivity contribution in [3.05, 3.63) is 53.1 Å². The first-order valence-corrected chi connectivity index (χ1v) is 11.6. The summed E-state index contributed by atoms with van der Waals surface area (Å²) in [4.78, 5) is 13.8. The van der Waals surface area contributed by atoms with E-state index in [9.17, 15) is 13.2 Å². The van der Waals surface area contributed by atoms with E-state index in [4.69, 9.17) is 16.3 Å². The second-order valence-electron chi connectivity index (χ2n) is 6.04. The van der Waals surface area contributed by atoms with E-state index in [0.717, 1.165) is 10.6 Å². The average Bonchev–Trinajstić information content (AvgIpc) is 2.70. The molecule has 28 heavy (non-hydrogen) atoms. The van der Waals surface area contributed by atoms with E-state index in [1.165, 1.54) is 22.5 Å². The number of rotatable bonds is 6. The van der Waals surface area contributed by atoms with Gasteiger partial charge in [0.2, 0.25) is 10.0 Å². The Morgan fingerprint density at radius 3 is 2.64 bits per heavy atom. The maximum absolute atomic E-state index is 12.9. The van der Waals surface area contributed by atoms with Gasteiger partial charge in [-0.1, -0.05) is 30.7 Å². The van der Waals surface area contributed by atoms with E-state index in [1.807, 2.05) is 25.1 Å². The number of sulfonamides is 1. The van der Waals surface area contributed by atoms with Crippen LogP contribution in [0.3, 0.4) is 0 Å². The van der Waals surface area contributed by atoms with Gasteiger partial charge in [0.1, 0.15) is 0 Å². The highest BCUT2D eigenvalue weighted by Crippen LogP contribution is 2.29. The lowest BCUT2D eigenvalue weighted by atomic mass is 10.2. The topological polar surface area (TPSA) is 75.7 Å². The highest BCUT2D eigenvalue weighted by atomic mass is 35.5. The molecule has 0 aliphatic carbocycles. The zero-order chi connectivity index (χ0) is 20.1. The molecule has 0 saturated carbocycles. The summed E-state index contributed by atoms with van der Waals surface area (Å²) in [5, 5.41) is 3.03. The van der Waals surface area contributed by atoms with Crippen LogP contribution in [-0.2, 0) is 14.8 Å². The predicted octanol–water partition coefficient (Wildman–Crippen LogP) is 3.73. The lowest BCUT2D eigenvalue weighted by Crippen LogP contribution is -2.40. The Bertz CT molecular complexity index is 960. The zero-order valence-corrected chi connectivity index (χ0v) is 17.7. The molecule has 9 heteroatoms. The number of para-hydroxylation sites is 1. The Hall–Kier alpha value is -1.58. The number of amides is 1. The van der Waals surface area contributed by atoms with Crippen molar-refractivity contribution in [1.82, 2.24) is 4.31 Å². The van der Waals surface area contributed by atoms with Crippen molar-refractivity contribution < 1.29 is 17.9 Å². The summed E-state index contributed by atoms with van der Waals surface area (Å²) in [6.45, 7) is 3.31. The Morgan fingerprint density at radius 2 is 1.93 bits per heavy atom. The Balaban J connectivity index is 1.88. The van der Waals surface area contributed by atoms with Crippen LogP contribution < -0.4 is 5.32 Å². The van der Waals surface area contributed by atoms with Gasteiger partial charge >= 0.3 is 0 Å². The maximum atomic E-state index is 12.9. The number of morpholine rings is 1. The van der Waals surface area contributed by atoms with Gasteiger partial charge in [0, 0.05) is 18.0 Å². The second-order valence-corrected chi connectivity index (χ2v) is 9.69. The largest absolute Gasteiger partial charge is 0.379 e. The van der Waals surface area contributed by atoms with Gasteiger partial charge in [-0.15, -0.1) is 11.8 Å². The molecule has 0 atom stereocenters. The molecular formula is C19H21ClN2O4S2. The summed E-state index contributed by atoms with van der Waals surface area (Å²) in [7, 11) is -3.71. The predicted molar refractivity (Wildman–Crippen MR) is 112 cm³/mol. The van der Waals surface area contributed by atoms with Gasteiger partial charge in [-0.2, -0.15) is 4.31 Å². The van der Waals surface area contributed by atoms with E-state index < -0.39 is 15.9 Å². The molecule has 1 heterocycles. The number of nitrogens with zero attached hydrogens (tertiary/aromatic N) is 1. The molecule has 1 aliphatic heterocycles. The van der Waals surface area contributed by atoms with Gasteiger partial charge in [-0.25, -0.2) is 8.42 Å². The highest BCUT2D eigenvalue weighted by molar-refractivity contribution is 7.99. The van der Waals surface area contributed by atoms with Crippen molar-refractivity contribution in [1.29, 1.82) is 0 Å². The molecule has 6 nitrogen and oxygen atoms in total. The minimum Gasteiger partial charge on any atom is -0.379 e. The van der Waals surface area contributed by atoms with Crippen molar-refractivity contribution in [3.8, 4) is 0 Å².